The lowest BCUT2D eigenvalue weighted by molar-refractivity contribution is 0.480. The third-order valence-electron chi connectivity index (χ3n) is 4.46. The quantitative estimate of drug-likeness (QED) is 0.761. The normalized spacial score (nSPS) is 16.5. The molecule has 0 radical (unpaired) electrons. The van der Waals surface area contributed by atoms with Gasteiger partial charge in [0.25, 0.3) is 0 Å². The van der Waals surface area contributed by atoms with Gasteiger partial charge < -0.3 is 5.73 Å². The number of nitrogens with one attached hydrogen (secondary N) is 1. The summed E-state index contributed by atoms with van der Waals surface area (Å²) in [4.78, 5) is 0.353. The van der Waals surface area contributed by atoms with Gasteiger partial charge in [-0.25, -0.2) is 13.1 Å². The molecule has 1 saturated carbocycles. The summed E-state index contributed by atoms with van der Waals surface area (Å²) in [6.07, 6.45) is 7.33. The SMILES string of the molecule is Cc1c(CN)cccc1S(=O)(=O)NCCCC1CCCC1. The fourth-order valence-electron chi connectivity index (χ4n) is 3.15. The van der Waals surface area contributed by atoms with Crippen LogP contribution < -0.4 is 10.5 Å². The maximum Gasteiger partial charge on any atom is 0.240 e. The van der Waals surface area contributed by atoms with E-state index in [0.29, 0.717) is 18.0 Å². The molecular weight excluding hydrogens is 284 g/mol. The van der Waals surface area contributed by atoms with Gasteiger partial charge in [0.2, 0.25) is 10.0 Å². The van der Waals surface area contributed by atoms with Gasteiger partial charge in [-0.3, -0.25) is 0 Å². The molecule has 1 aliphatic carbocycles. The highest BCUT2D eigenvalue weighted by atomic mass is 32.2. The van der Waals surface area contributed by atoms with Gasteiger partial charge in [-0.05, 0) is 42.9 Å². The summed E-state index contributed by atoms with van der Waals surface area (Å²) < 4.78 is 27.5. The first-order valence-corrected chi connectivity index (χ1v) is 9.31. The molecular formula is C16H26N2O2S. The van der Waals surface area contributed by atoms with Crippen LogP contribution in [0, 0.1) is 12.8 Å². The third kappa shape index (κ3) is 4.28. The minimum atomic E-state index is -3.42. The van der Waals surface area contributed by atoms with Gasteiger partial charge in [0.15, 0.2) is 0 Å². The molecule has 2 rings (SSSR count). The molecule has 0 spiro atoms. The summed E-state index contributed by atoms with van der Waals surface area (Å²) in [7, 11) is -3.42. The Morgan fingerprint density at radius 3 is 2.67 bits per heavy atom. The minimum Gasteiger partial charge on any atom is -0.326 e. The van der Waals surface area contributed by atoms with Crippen molar-refractivity contribution in [3.63, 3.8) is 0 Å². The van der Waals surface area contributed by atoms with Crippen molar-refractivity contribution in [1.82, 2.24) is 4.72 Å². The van der Waals surface area contributed by atoms with E-state index in [-0.39, 0.29) is 0 Å². The Morgan fingerprint density at radius 1 is 1.29 bits per heavy atom. The number of sulfonamides is 1. The zero-order valence-corrected chi connectivity index (χ0v) is 13.6. The van der Waals surface area contributed by atoms with Gasteiger partial charge in [0.1, 0.15) is 0 Å². The molecule has 21 heavy (non-hydrogen) atoms. The molecule has 0 heterocycles. The summed E-state index contributed by atoms with van der Waals surface area (Å²) >= 11 is 0. The van der Waals surface area contributed by atoms with Crippen LogP contribution in [-0.4, -0.2) is 15.0 Å². The topological polar surface area (TPSA) is 72.2 Å². The summed E-state index contributed by atoms with van der Waals surface area (Å²) in [6.45, 7) is 2.69. The van der Waals surface area contributed by atoms with Gasteiger partial charge >= 0.3 is 0 Å². The van der Waals surface area contributed by atoms with Crippen LogP contribution in [0.1, 0.15) is 49.7 Å². The maximum atomic E-state index is 12.4. The highest BCUT2D eigenvalue weighted by Crippen LogP contribution is 2.28. The van der Waals surface area contributed by atoms with E-state index in [1.54, 1.807) is 12.1 Å². The lowest BCUT2D eigenvalue weighted by Gasteiger charge is -2.13. The van der Waals surface area contributed by atoms with E-state index in [1.165, 1.54) is 25.7 Å². The van der Waals surface area contributed by atoms with Gasteiger partial charge in [0, 0.05) is 13.1 Å². The maximum absolute atomic E-state index is 12.4. The van der Waals surface area contributed by atoms with Gasteiger partial charge in [-0.2, -0.15) is 0 Å². The van der Waals surface area contributed by atoms with Gasteiger partial charge in [0.05, 0.1) is 4.90 Å². The summed E-state index contributed by atoms with van der Waals surface area (Å²) in [5.74, 6) is 0.803. The Kier molecular flexibility index (Phi) is 5.79. The molecule has 1 aromatic carbocycles. The Labute approximate surface area is 128 Å². The lowest BCUT2D eigenvalue weighted by atomic mass is 10.0. The second-order valence-corrected chi connectivity index (χ2v) is 7.67. The first-order chi connectivity index (χ1) is 10.0. The zero-order chi connectivity index (χ0) is 15.3. The average molecular weight is 310 g/mol. The summed E-state index contributed by atoms with van der Waals surface area (Å²) in [5, 5.41) is 0. The smallest absolute Gasteiger partial charge is 0.240 e. The first-order valence-electron chi connectivity index (χ1n) is 7.83. The van der Waals surface area contributed by atoms with E-state index >= 15 is 0 Å². The van der Waals surface area contributed by atoms with E-state index in [9.17, 15) is 8.42 Å². The molecule has 1 aromatic rings. The molecule has 0 aliphatic heterocycles. The third-order valence-corrected chi connectivity index (χ3v) is 6.07. The van der Waals surface area contributed by atoms with Gasteiger partial charge in [-0.15, -0.1) is 0 Å². The van der Waals surface area contributed by atoms with Crippen LogP contribution >= 0.6 is 0 Å². The summed E-state index contributed by atoms with van der Waals surface area (Å²) in [5.41, 5.74) is 7.27. The van der Waals surface area contributed by atoms with Crippen LogP contribution in [0.4, 0.5) is 0 Å². The Morgan fingerprint density at radius 2 is 2.00 bits per heavy atom. The molecule has 0 saturated heterocycles. The van der Waals surface area contributed by atoms with Crippen molar-refractivity contribution in [3.8, 4) is 0 Å². The highest BCUT2D eigenvalue weighted by Gasteiger charge is 2.18. The van der Waals surface area contributed by atoms with Crippen LogP contribution in [0.5, 0.6) is 0 Å². The largest absolute Gasteiger partial charge is 0.326 e. The molecule has 118 valence electrons. The van der Waals surface area contributed by atoms with Gasteiger partial charge in [-0.1, -0.05) is 37.8 Å². The van der Waals surface area contributed by atoms with E-state index in [0.717, 1.165) is 29.9 Å². The second-order valence-electron chi connectivity index (χ2n) is 5.93. The molecule has 0 amide bonds. The predicted octanol–water partition coefficient (Wildman–Crippen LogP) is 2.70. The van der Waals surface area contributed by atoms with Crippen molar-refractivity contribution >= 4 is 10.0 Å². The number of rotatable bonds is 7. The molecule has 3 N–H and O–H groups in total. The Balaban J connectivity index is 1.92. The van der Waals surface area contributed by atoms with Crippen LogP contribution in [0.2, 0.25) is 0 Å². The average Bonchev–Trinajstić information content (AvgIpc) is 2.97. The molecule has 5 heteroatoms. The predicted molar refractivity (Wildman–Crippen MR) is 85.5 cm³/mol. The standard InChI is InChI=1S/C16H26N2O2S/c1-13-15(12-17)9-4-10-16(13)21(19,20)18-11-5-8-14-6-2-3-7-14/h4,9-10,14,18H,2-3,5-8,11-12,17H2,1H3. The first kappa shape index (κ1) is 16.5. The van der Waals surface area contributed by atoms with E-state index in [1.807, 2.05) is 13.0 Å². The lowest BCUT2D eigenvalue weighted by Crippen LogP contribution is -2.26. The molecule has 0 aromatic heterocycles. The van der Waals surface area contributed by atoms with Crippen LogP contribution in [0.15, 0.2) is 23.1 Å². The number of hydrogen-bond donors (Lipinski definition) is 2. The van der Waals surface area contributed by atoms with E-state index < -0.39 is 10.0 Å². The number of hydrogen-bond acceptors (Lipinski definition) is 3. The van der Waals surface area contributed by atoms with Crippen molar-refractivity contribution in [2.24, 2.45) is 11.7 Å². The van der Waals surface area contributed by atoms with E-state index in [2.05, 4.69) is 4.72 Å². The fourth-order valence-corrected chi connectivity index (χ4v) is 4.51. The fraction of sp³-hybridized carbons (Fsp3) is 0.625. The molecule has 0 bridgehead atoms. The molecule has 0 unspecified atom stereocenters. The van der Waals surface area contributed by atoms with Crippen LogP contribution in [-0.2, 0) is 16.6 Å². The molecule has 1 fully saturated rings. The van der Waals surface area contributed by atoms with Crippen molar-refractivity contribution in [2.75, 3.05) is 6.54 Å². The molecule has 4 nitrogen and oxygen atoms in total. The Hall–Kier alpha value is -0.910. The summed E-state index contributed by atoms with van der Waals surface area (Å²) in [6, 6.07) is 5.27. The monoisotopic (exact) mass is 310 g/mol. The van der Waals surface area contributed by atoms with Crippen LogP contribution in [0.3, 0.4) is 0 Å². The molecule has 0 atom stereocenters. The van der Waals surface area contributed by atoms with Crippen molar-refractivity contribution < 1.29 is 8.42 Å². The minimum absolute atomic E-state index is 0.353. The second kappa shape index (κ2) is 7.38. The van der Waals surface area contributed by atoms with Crippen molar-refractivity contribution in [1.29, 1.82) is 0 Å². The highest BCUT2D eigenvalue weighted by molar-refractivity contribution is 7.89. The van der Waals surface area contributed by atoms with Crippen molar-refractivity contribution in [3.05, 3.63) is 29.3 Å². The Bertz CT molecular complexity index is 564. The molecule has 1 aliphatic rings. The zero-order valence-electron chi connectivity index (χ0n) is 12.8. The number of benzene rings is 1. The van der Waals surface area contributed by atoms with Crippen molar-refractivity contribution in [2.45, 2.75) is 56.9 Å². The van der Waals surface area contributed by atoms with Crippen LogP contribution in [0.25, 0.3) is 0 Å². The number of nitrogens with two attached hydrogens (primary N) is 1. The van der Waals surface area contributed by atoms with E-state index in [4.69, 9.17) is 5.73 Å².